The zero-order valence-electron chi connectivity index (χ0n) is 34.0. The topological polar surface area (TPSA) is 133 Å². The number of carbonyl (C=O) groups excluding carboxylic acids is 4. The van der Waals surface area contributed by atoms with Crippen LogP contribution >= 0.6 is 0 Å². The van der Waals surface area contributed by atoms with E-state index in [1.165, 1.54) is 0 Å². The van der Waals surface area contributed by atoms with Crippen LogP contribution in [0.15, 0.2) is 36.5 Å². The van der Waals surface area contributed by atoms with Crippen molar-refractivity contribution in [2.24, 2.45) is 17.8 Å². The second-order valence-corrected chi connectivity index (χ2v) is 34.7. The minimum absolute atomic E-state index is 0.0646. The van der Waals surface area contributed by atoms with Gasteiger partial charge in [-0.2, -0.15) is 0 Å². The maximum atomic E-state index is 11.6. The second kappa shape index (κ2) is 18.3. The molecule has 0 aromatic heterocycles. The summed E-state index contributed by atoms with van der Waals surface area (Å²) in [6, 6.07) is 0.676. The van der Waals surface area contributed by atoms with Crippen molar-refractivity contribution in [3.05, 3.63) is 36.5 Å². The Morgan fingerprint density at radius 1 is 0.745 bits per heavy atom. The van der Waals surface area contributed by atoms with Gasteiger partial charge < -0.3 is 31.3 Å². The molecule has 5 unspecified atom stereocenters. The standard InChI is InChI=1S/C16H38O5Si4.C12H14O4.C8H14O2/c1-15(2)16(17)18-13-12-14-25(19-22(3,4)5,20-23(6,7)8)21-24(9,10)11;1-5(2)11(13)15-9-6-3-7-8(4-6)12(14)16-10(7)9;1-6(2)7(9)10-8(3,4)5/h1,12-14H2,2-11H3;6-10H,1,3-4H2,2H3;1H2,2-5H3. The normalized spacial score (nSPS) is 22.4. The first-order valence-electron chi connectivity index (χ1n) is 17.7. The highest BCUT2D eigenvalue weighted by molar-refractivity contribution is 6.90. The number of fused-ring (bicyclic) bond motifs is 1. The Labute approximate surface area is 311 Å². The number of esters is 4. The molecule has 1 saturated heterocycles. The molecule has 3 aliphatic rings. The molecule has 2 saturated carbocycles. The van der Waals surface area contributed by atoms with Crippen molar-refractivity contribution in [1.29, 1.82) is 0 Å². The zero-order chi connectivity index (χ0) is 39.9. The minimum Gasteiger partial charge on any atom is -0.462 e. The highest BCUT2D eigenvalue weighted by atomic mass is 28.5. The molecule has 15 heteroatoms. The van der Waals surface area contributed by atoms with Gasteiger partial charge in [0, 0.05) is 34.6 Å². The van der Waals surface area contributed by atoms with E-state index in [-0.39, 0.29) is 47.9 Å². The van der Waals surface area contributed by atoms with E-state index in [1.54, 1.807) is 20.8 Å². The first kappa shape index (κ1) is 46.9. The predicted octanol–water partition coefficient (Wildman–Crippen LogP) is 7.95. The molecule has 292 valence electrons. The van der Waals surface area contributed by atoms with Gasteiger partial charge in [-0.05, 0) is 120 Å². The number of carbonyl (C=O) groups is 4. The van der Waals surface area contributed by atoms with E-state index in [1.807, 2.05) is 20.8 Å². The van der Waals surface area contributed by atoms with E-state index in [4.69, 9.17) is 31.3 Å². The Hall–Kier alpha value is -2.15. The van der Waals surface area contributed by atoms with Crippen molar-refractivity contribution < 1.29 is 50.5 Å². The van der Waals surface area contributed by atoms with Crippen LogP contribution in [0.2, 0.25) is 65.0 Å². The molecular formula is C36H66O11Si4. The van der Waals surface area contributed by atoms with Gasteiger partial charge in [-0.1, -0.05) is 19.7 Å². The van der Waals surface area contributed by atoms with Crippen molar-refractivity contribution in [2.45, 2.75) is 144 Å². The van der Waals surface area contributed by atoms with Crippen molar-refractivity contribution in [3.63, 3.8) is 0 Å². The zero-order valence-corrected chi connectivity index (χ0v) is 38.0. The molecule has 2 aliphatic carbocycles. The summed E-state index contributed by atoms with van der Waals surface area (Å²) in [6.07, 6.45) is 2.00. The smallest absolute Gasteiger partial charge is 0.462 e. The Morgan fingerprint density at radius 2 is 1.20 bits per heavy atom. The van der Waals surface area contributed by atoms with E-state index in [0.29, 0.717) is 41.7 Å². The summed E-state index contributed by atoms with van der Waals surface area (Å²) in [7, 11) is -8.40. The lowest BCUT2D eigenvalue weighted by molar-refractivity contribution is -0.158. The van der Waals surface area contributed by atoms with Gasteiger partial charge in [0.1, 0.15) is 17.8 Å². The van der Waals surface area contributed by atoms with Gasteiger partial charge >= 0.3 is 32.7 Å². The highest BCUT2D eigenvalue weighted by Crippen LogP contribution is 2.55. The first-order chi connectivity index (χ1) is 22.9. The van der Waals surface area contributed by atoms with Crippen molar-refractivity contribution in [1.82, 2.24) is 0 Å². The summed E-state index contributed by atoms with van der Waals surface area (Å²) >= 11 is 0. The lowest BCUT2D eigenvalue weighted by Gasteiger charge is -2.42. The molecular weight excluding hydrogens is 721 g/mol. The summed E-state index contributed by atoms with van der Waals surface area (Å²) in [5, 5.41) is 0. The van der Waals surface area contributed by atoms with Crippen molar-refractivity contribution in [3.8, 4) is 0 Å². The fourth-order valence-electron chi connectivity index (χ4n) is 5.85. The molecule has 11 nitrogen and oxygen atoms in total. The summed E-state index contributed by atoms with van der Waals surface area (Å²) in [6.45, 7) is 40.8. The Kier molecular flexibility index (Phi) is 16.8. The van der Waals surface area contributed by atoms with E-state index in [2.05, 4.69) is 78.7 Å². The fraction of sp³-hybridized carbons (Fsp3) is 0.722. The van der Waals surface area contributed by atoms with Gasteiger partial charge in [-0.25, -0.2) is 14.4 Å². The molecule has 0 radical (unpaired) electrons. The summed E-state index contributed by atoms with van der Waals surface area (Å²) in [5.41, 5.74) is 0.841. The monoisotopic (exact) mass is 786 g/mol. The third-order valence-corrected chi connectivity index (χ3v) is 19.4. The second-order valence-electron chi connectivity index (χ2n) is 17.7. The molecule has 5 atom stereocenters. The van der Waals surface area contributed by atoms with Crippen LogP contribution < -0.4 is 0 Å². The average Bonchev–Trinajstić information content (AvgIpc) is 3.53. The molecule has 0 N–H and O–H groups in total. The minimum atomic E-state index is -2.83. The van der Waals surface area contributed by atoms with Gasteiger partial charge in [0.05, 0.1) is 12.5 Å². The van der Waals surface area contributed by atoms with Crippen LogP contribution in [0.3, 0.4) is 0 Å². The van der Waals surface area contributed by atoms with E-state index in [0.717, 1.165) is 12.8 Å². The first-order valence-corrected chi connectivity index (χ1v) is 29.9. The molecule has 3 rings (SSSR count). The fourth-order valence-corrected chi connectivity index (χ4v) is 20.5. The number of rotatable bonds is 14. The van der Waals surface area contributed by atoms with E-state index >= 15 is 0 Å². The molecule has 0 spiro atoms. The molecule has 51 heavy (non-hydrogen) atoms. The SMILES string of the molecule is C=C(C)C(=O)OC(C)(C)C.C=C(C)C(=O)OC1C2CC3C(=O)OC1C3C2.C=C(C)C(=O)OCCC[Si](O[Si](C)(C)C)(O[Si](C)(C)C)O[Si](C)(C)C. The van der Waals surface area contributed by atoms with E-state index < -0.39 is 39.4 Å². The highest BCUT2D eigenvalue weighted by Gasteiger charge is 2.63. The molecule has 1 heterocycles. The maximum Gasteiger partial charge on any atom is 0.469 e. The Balaban J connectivity index is 0.000000423. The van der Waals surface area contributed by atoms with Gasteiger partial charge in [0.15, 0.2) is 25.0 Å². The average molecular weight is 787 g/mol. The molecule has 0 aromatic rings. The predicted molar refractivity (Wildman–Crippen MR) is 209 cm³/mol. The molecule has 0 amide bonds. The number of ether oxygens (including phenoxy) is 4. The van der Waals surface area contributed by atoms with Crippen molar-refractivity contribution in [2.75, 3.05) is 6.61 Å². The third-order valence-electron chi connectivity index (χ3n) is 7.35. The maximum absolute atomic E-state index is 11.6. The van der Waals surface area contributed by atoms with Crippen LogP contribution in [-0.4, -0.2) is 82.0 Å². The Bertz CT molecular complexity index is 1260. The van der Waals surface area contributed by atoms with Crippen LogP contribution in [0.1, 0.15) is 60.8 Å². The molecule has 1 aliphatic heterocycles. The van der Waals surface area contributed by atoms with Crippen LogP contribution in [0.25, 0.3) is 0 Å². The van der Waals surface area contributed by atoms with Crippen LogP contribution in [-0.2, 0) is 50.5 Å². The van der Waals surface area contributed by atoms with Gasteiger partial charge in [-0.3, -0.25) is 4.79 Å². The van der Waals surface area contributed by atoms with Gasteiger partial charge in [0.25, 0.3) is 0 Å². The van der Waals surface area contributed by atoms with Crippen LogP contribution in [0.5, 0.6) is 0 Å². The van der Waals surface area contributed by atoms with Gasteiger partial charge in [0.2, 0.25) is 0 Å². The number of hydrogen-bond donors (Lipinski definition) is 0. The lowest BCUT2D eigenvalue weighted by Crippen LogP contribution is -2.60. The molecule has 0 aromatic carbocycles. The molecule has 3 fully saturated rings. The quantitative estimate of drug-likeness (QED) is 0.0559. The van der Waals surface area contributed by atoms with Crippen LogP contribution in [0.4, 0.5) is 0 Å². The lowest BCUT2D eigenvalue weighted by atomic mass is 9.88. The summed E-state index contributed by atoms with van der Waals surface area (Å²) < 4.78 is 40.6. The summed E-state index contributed by atoms with van der Waals surface area (Å²) in [4.78, 5) is 45.4. The summed E-state index contributed by atoms with van der Waals surface area (Å²) in [5.74, 6) is -0.517. The van der Waals surface area contributed by atoms with Crippen LogP contribution in [0, 0.1) is 17.8 Å². The van der Waals surface area contributed by atoms with E-state index in [9.17, 15) is 19.2 Å². The third kappa shape index (κ3) is 17.0. The van der Waals surface area contributed by atoms with Gasteiger partial charge in [-0.15, -0.1) is 0 Å². The molecule has 2 bridgehead atoms. The largest absolute Gasteiger partial charge is 0.469 e. The van der Waals surface area contributed by atoms with Crippen molar-refractivity contribution >= 4 is 57.6 Å². The number of hydrogen-bond acceptors (Lipinski definition) is 11. The Morgan fingerprint density at radius 3 is 1.57 bits per heavy atom.